The molecule has 0 aliphatic heterocycles. The van der Waals surface area contributed by atoms with Gasteiger partial charge in [0.15, 0.2) is 5.82 Å². The van der Waals surface area contributed by atoms with Gasteiger partial charge in [0.05, 0.1) is 17.1 Å². The Hall–Kier alpha value is -2.35. The maximum atomic E-state index is 12.0. The molecule has 0 bridgehead atoms. The normalized spacial score (nSPS) is 11.6. The van der Waals surface area contributed by atoms with E-state index in [0.717, 1.165) is 6.20 Å². The Morgan fingerprint density at radius 3 is 2.43 bits per heavy atom. The van der Waals surface area contributed by atoms with Crippen molar-refractivity contribution in [3.8, 4) is 5.69 Å². The minimum Gasteiger partial charge on any atom is -0.477 e. The van der Waals surface area contributed by atoms with Crippen LogP contribution in [0.3, 0.4) is 0 Å². The number of carbonyl (C=O) groups is 1. The number of anilines is 1. The number of benzene rings is 1. The van der Waals surface area contributed by atoms with Gasteiger partial charge in [-0.25, -0.2) is 17.9 Å². The third-order valence-electron chi connectivity index (χ3n) is 2.86. The molecule has 1 aromatic heterocycles. The second-order valence-corrected chi connectivity index (χ2v) is 6.89. The van der Waals surface area contributed by atoms with Crippen LogP contribution in [0.4, 0.5) is 5.82 Å². The number of carboxylic acids is 1. The largest absolute Gasteiger partial charge is 0.477 e. The number of hydrogen-bond donors (Lipinski definition) is 2. The number of sulfonamides is 1. The fourth-order valence-corrected chi connectivity index (χ4v) is 2.32. The van der Waals surface area contributed by atoms with E-state index >= 15 is 0 Å². The molecule has 8 heteroatoms. The van der Waals surface area contributed by atoms with Gasteiger partial charge < -0.3 is 5.11 Å². The molecule has 1 heterocycles. The van der Waals surface area contributed by atoms with Gasteiger partial charge in [-0.2, -0.15) is 5.10 Å². The fraction of sp³-hybridized carbons (Fsp3) is 0.231. The summed E-state index contributed by atoms with van der Waals surface area (Å²) in [5.41, 5.74) is 0.356. The summed E-state index contributed by atoms with van der Waals surface area (Å²) in [5, 5.41) is 12.4. The van der Waals surface area contributed by atoms with Gasteiger partial charge in [-0.15, -0.1) is 0 Å². The molecule has 0 saturated heterocycles. The van der Waals surface area contributed by atoms with E-state index in [1.54, 1.807) is 30.3 Å². The molecule has 0 unspecified atom stereocenters. The highest BCUT2D eigenvalue weighted by Crippen LogP contribution is 2.22. The number of nitrogens with one attached hydrogen (secondary N) is 1. The molecule has 21 heavy (non-hydrogen) atoms. The van der Waals surface area contributed by atoms with Crippen molar-refractivity contribution in [1.82, 2.24) is 9.78 Å². The van der Waals surface area contributed by atoms with Gasteiger partial charge >= 0.3 is 5.97 Å². The highest BCUT2D eigenvalue weighted by atomic mass is 32.2. The molecular formula is C13H15N3O4S. The predicted octanol–water partition coefficient (Wildman–Crippen LogP) is 1.72. The Kier molecular flexibility index (Phi) is 3.99. The number of aromatic carboxylic acids is 1. The van der Waals surface area contributed by atoms with Crippen molar-refractivity contribution in [3.05, 3.63) is 42.1 Å². The van der Waals surface area contributed by atoms with Crippen molar-refractivity contribution in [1.29, 1.82) is 0 Å². The van der Waals surface area contributed by atoms with Crippen LogP contribution < -0.4 is 4.72 Å². The first kappa shape index (κ1) is 15.0. The second kappa shape index (κ2) is 5.57. The van der Waals surface area contributed by atoms with Gasteiger partial charge in [0, 0.05) is 0 Å². The zero-order chi connectivity index (χ0) is 15.6. The Bertz CT molecular complexity index is 751. The molecule has 0 spiro atoms. The van der Waals surface area contributed by atoms with Crippen molar-refractivity contribution in [3.63, 3.8) is 0 Å². The minimum atomic E-state index is -3.68. The van der Waals surface area contributed by atoms with Gasteiger partial charge in [0.25, 0.3) is 0 Å². The lowest BCUT2D eigenvalue weighted by Gasteiger charge is -2.13. The molecule has 0 aliphatic carbocycles. The maximum absolute atomic E-state index is 12.0. The lowest BCUT2D eigenvalue weighted by atomic mass is 10.3. The van der Waals surface area contributed by atoms with Crippen LogP contribution in [0.5, 0.6) is 0 Å². The fourth-order valence-electron chi connectivity index (χ4n) is 1.62. The van der Waals surface area contributed by atoms with Gasteiger partial charge in [-0.05, 0) is 26.0 Å². The molecular weight excluding hydrogens is 294 g/mol. The molecule has 0 saturated carbocycles. The number of rotatable bonds is 5. The topological polar surface area (TPSA) is 101 Å². The van der Waals surface area contributed by atoms with E-state index in [-0.39, 0.29) is 11.4 Å². The summed E-state index contributed by atoms with van der Waals surface area (Å²) in [4.78, 5) is 11.2. The monoisotopic (exact) mass is 309 g/mol. The van der Waals surface area contributed by atoms with Gasteiger partial charge in [0.2, 0.25) is 10.0 Å². The van der Waals surface area contributed by atoms with E-state index in [2.05, 4.69) is 9.82 Å². The van der Waals surface area contributed by atoms with E-state index in [0.29, 0.717) is 5.69 Å². The number of aromatic nitrogens is 2. The SMILES string of the molecule is CC(C)S(=O)(=O)Nc1c(C(=O)O)cnn1-c1ccccc1. The van der Waals surface area contributed by atoms with Crippen molar-refractivity contribution in [2.24, 2.45) is 0 Å². The molecule has 0 radical (unpaired) electrons. The van der Waals surface area contributed by atoms with Crippen LogP contribution in [0.2, 0.25) is 0 Å². The zero-order valence-electron chi connectivity index (χ0n) is 11.5. The summed E-state index contributed by atoms with van der Waals surface area (Å²) in [7, 11) is -3.68. The van der Waals surface area contributed by atoms with Crippen LogP contribution in [0, 0.1) is 0 Å². The Morgan fingerprint density at radius 2 is 1.90 bits per heavy atom. The van der Waals surface area contributed by atoms with Crippen LogP contribution in [-0.2, 0) is 10.0 Å². The molecule has 0 fully saturated rings. The Morgan fingerprint density at radius 1 is 1.29 bits per heavy atom. The summed E-state index contributed by atoms with van der Waals surface area (Å²) in [6.45, 7) is 3.01. The number of hydrogen-bond acceptors (Lipinski definition) is 4. The summed E-state index contributed by atoms with van der Waals surface area (Å²) in [5.74, 6) is -1.33. The first-order valence-corrected chi connectivity index (χ1v) is 7.76. The highest BCUT2D eigenvalue weighted by molar-refractivity contribution is 7.93. The van der Waals surface area contributed by atoms with E-state index in [1.807, 2.05) is 0 Å². The lowest BCUT2D eigenvalue weighted by molar-refractivity contribution is 0.0698. The minimum absolute atomic E-state index is 0.0811. The van der Waals surface area contributed by atoms with Gasteiger partial charge in [-0.3, -0.25) is 4.72 Å². The lowest BCUT2D eigenvalue weighted by Crippen LogP contribution is -2.25. The molecule has 1 aromatic carbocycles. The second-order valence-electron chi connectivity index (χ2n) is 4.66. The number of para-hydroxylation sites is 1. The summed E-state index contributed by atoms with van der Waals surface area (Å²) >= 11 is 0. The smallest absolute Gasteiger partial charge is 0.341 e. The molecule has 112 valence electrons. The van der Waals surface area contributed by atoms with E-state index in [1.165, 1.54) is 18.5 Å². The molecule has 2 aromatic rings. The van der Waals surface area contributed by atoms with Gasteiger partial charge in [0.1, 0.15) is 5.56 Å². The van der Waals surface area contributed by atoms with Crippen molar-refractivity contribution < 1.29 is 18.3 Å². The van der Waals surface area contributed by atoms with Crippen molar-refractivity contribution >= 4 is 21.8 Å². The molecule has 0 aliphatic rings. The van der Waals surface area contributed by atoms with Crippen molar-refractivity contribution in [2.45, 2.75) is 19.1 Å². The first-order chi connectivity index (χ1) is 9.83. The quantitative estimate of drug-likeness (QED) is 0.875. The first-order valence-electron chi connectivity index (χ1n) is 6.21. The van der Waals surface area contributed by atoms with E-state index in [9.17, 15) is 18.3 Å². The Balaban J connectivity index is 2.57. The summed E-state index contributed by atoms with van der Waals surface area (Å²) in [6.07, 6.45) is 1.12. The van der Waals surface area contributed by atoms with Crippen LogP contribution in [0.1, 0.15) is 24.2 Å². The van der Waals surface area contributed by atoms with E-state index in [4.69, 9.17) is 0 Å². The summed E-state index contributed by atoms with van der Waals surface area (Å²) in [6, 6.07) is 8.69. The maximum Gasteiger partial charge on any atom is 0.341 e. The number of carboxylic acid groups (broad SMARTS) is 1. The van der Waals surface area contributed by atoms with Crippen LogP contribution in [0.15, 0.2) is 36.5 Å². The standard InChI is InChI=1S/C13H15N3O4S/c1-9(2)21(19,20)15-12-11(13(17)18)8-14-16(12)10-6-4-3-5-7-10/h3-9,15H,1-2H3,(H,17,18). The van der Waals surface area contributed by atoms with Gasteiger partial charge in [-0.1, -0.05) is 18.2 Å². The highest BCUT2D eigenvalue weighted by Gasteiger charge is 2.24. The molecule has 0 amide bonds. The van der Waals surface area contributed by atoms with Crippen LogP contribution in [0.25, 0.3) is 5.69 Å². The molecule has 0 atom stereocenters. The molecule has 2 rings (SSSR count). The Labute approximate surface area is 122 Å². The average molecular weight is 309 g/mol. The third-order valence-corrected chi connectivity index (χ3v) is 4.58. The van der Waals surface area contributed by atoms with E-state index < -0.39 is 21.2 Å². The zero-order valence-corrected chi connectivity index (χ0v) is 12.3. The summed E-state index contributed by atoms with van der Waals surface area (Å²) < 4.78 is 27.6. The predicted molar refractivity (Wildman–Crippen MR) is 78.2 cm³/mol. The number of nitrogens with zero attached hydrogens (tertiary/aromatic N) is 2. The average Bonchev–Trinajstić information content (AvgIpc) is 2.82. The third kappa shape index (κ3) is 3.05. The molecule has 7 nitrogen and oxygen atoms in total. The van der Waals surface area contributed by atoms with Crippen LogP contribution >= 0.6 is 0 Å². The molecule has 2 N–H and O–H groups in total. The van der Waals surface area contributed by atoms with Crippen LogP contribution in [-0.4, -0.2) is 34.5 Å². The van der Waals surface area contributed by atoms with Crippen molar-refractivity contribution in [2.75, 3.05) is 4.72 Å².